The first-order valence-electron chi connectivity index (χ1n) is 4.92. The van der Waals surface area contributed by atoms with Gasteiger partial charge in [0.2, 0.25) is 0 Å². The number of hydrogen-bond acceptors (Lipinski definition) is 5. The van der Waals surface area contributed by atoms with Gasteiger partial charge in [-0.3, -0.25) is 0 Å². The number of nitrogens with zero attached hydrogens (tertiary/aromatic N) is 3. The van der Waals surface area contributed by atoms with E-state index in [1.54, 1.807) is 0 Å². The Labute approximate surface area is 95.1 Å². The number of fused-ring (bicyclic) bond motifs is 1. The summed E-state index contributed by atoms with van der Waals surface area (Å²) in [4.78, 5) is 19.8. The van der Waals surface area contributed by atoms with Gasteiger partial charge in [-0.1, -0.05) is 0 Å². The molecule has 2 heterocycles. The van der Waals surface area contributed by atoms with Gasteiger partial charge in [0.1, 0.15) is 0 Å². The van der Waals surface area contributed by atoms with Crippen molar-refractivity contribution in [2.24, 2.45) is 0 Å². The van der Waals surface area contributed by atoms with Gasteiger partial charge in [-0.25, -0.2) is 23.5 Å². The molecule has 8 heteroatoms. The summed E-state index contributed by atoms with van der Waals surface area (Å²) in [6.45, 7) is -0.101. The van der Waals surface area contributed by atoms with Crippen LogP contribution in [0.2, 0.25) is 0 Å². The van der Waals surface area contributed by atoms with Gasteiger partial charge in [-0.05, 0) is 0 Å². The van der Waals surface area contributed by atoms with Crippen LogP contribution in [0.3, 0.4) is 0 Å². The zero-order chi connectivity index (χ0) is 12.6. The first-order valence-corrected chi connectivity index (χ1v) is 4.92. The molecule has 1 aromatic heterocycles. The van der Waals surface area contributed by atoms with Crippen LogP contribution in [0.4, 0.5) is 20.4 Å². The number of aromatic nitrogens is 2. The largest absolute Gasteiger partial charge is 0.476 e. The zero-order valence-electron chi connectivity index (χ0n) is 8.73. The third-order valence-corrected chi connectivity index (χ3v) is 2.45. The Kier molecular flexibility index (Phi) is 2.78. The summed E-state index contributed by atoms with van der Waals surface area (Å²) >= 11 is 0. The summed E-state index contributed by atoms with van der Waals surface area (Å²) < 4.78 is 24.5. The average molecular weight is 244 g/mol. The first-order chi connectivity index (χ1) is 7.99. The van der Waals surface area contributed by atoms with Crippen LogP contribution in [-0.2, 0) is 6.42 Å². The fourth-order valence-electron chi connectivity index (χ4n) is 1.74. The van der Waals surface area contributed by atoms with Gasteiger partial charge in [-0.15, -0.1) is 0 Å². The van der Waals surface area contributed by atoms with Crippen molar-refractivity contribution in [3.8, 4) is 0 Å². The van der Waals surface area contributed by atoms with Crippen LogP contribution in [-0.4, -0.2) is 40.6 Å². The van der Waals surface area contributed by atoms with Gasteiger partial charge in [0.15, 0.2) is 17.3 Å². The second-order valence-electron chi connectivity index (χ2n) is 3.62. The SMILES string of the molecule is Nc1nc2c(nc1C(=O)O)CCN2CC(F)F. The van der Waals surface area contributed by atoms with E-state index >= 15 is 0 Å². The predicted molar refractivity (Wildman–Crippen MR) is 55.3 cm³/mol. The van der Waals surface area contributed by atoms with E-state index in [0.29, 0.717) is 18.7 Å². The molecule has 0 fully saturated rings. The Hall–Kier alpha value is -1.99. The molecule has 1 aromatic rings. The van der Waals surface area contributed by atoms with E-state index in [-0.39, 0.29) is 17.3 Å². The smallest absolute Gasteiger partial charge is 0.358 e. The van der Waals surface area contributed by atoms with Crippen molar-refractivity contribution < 1.29 is 18.7 Å². The van der Waals surface area contributed by atoms with Crippen LogP contribution in [0.15, 0.2) is 0 Å². The van der Waals surface area contributed by atoms with E-state index < -0.39 is 18.9 Å². The first kappa shape index (κ1) is 11.5. The molecule has 1 aliphatic heterocycles. The second-order valence-corrected chi connectivity index (χ2v) is 3.62. The van der Waals surface area contributed by atoms with E-state index in [1.807, 2.05) is 0 Å². The molecule has 0 aliphatic carbocycles. The molecule has 92 valence electrons. The van der Waals surface area contributed by atoms with Crippen molar-refractivity contribution in [3.05, 3.63) is 11.4 Å². The van der Waals surface area contributed by atoms with Crippen molar-refractivity contribution in [3.63, 3.8) is 0 Å². The molecular formula is C9H10F2N4O2. The molecule has 0 unspecified atom stereocenters. The minimum Gasteiger partial charge on any atom is -0.476 e. The molecular weight excluding hydrogens is 234 g/mol. The summed E-state index contributed by atoms with van der Waals surface area (Å²) in [5, 5.41) is 8.79. The summed E-state index contributed by atoms with van der Waals surface area (Å²) in [5.41, 5.74) is 5.49. The number of rotatable bonds is 3. The molecule has 6 nitrogen and oxygen atoms in total. The van der Waals surface area contributed by atoms with Crippen molar-refractivity contribution in [1.29, 1.82) is 0 Å². The second kappa shape index (κ2) is 4.11. The molecule has 0 bridgehead atoms. The lowest BCUT2D eigenvalue weighted by Crippen LogP contribution is -2.27. The lowest BCUT2D eigenvalue weighted by atomic mass is 10.3. The highest BCUT2D eigenvalue weighted by Gasteiger charge is 2.27. The monoisotopic (exact) mass is 244 g/mol. The Bertz CT molecular complexity index is 467. The molecule has 0 saturated carbocycles. The molecule has 0 atom stereocenters. The van der Waals surface area contributed by atoms with E-state index in [2.05, 4.69) is 9.97 Å². The van der Waals surface area contributed by atoms with Crippen LogP contribution < -0.4 is 10.6 Å². The van der Waals surface area contributed by atoms with Crippen molar-refractivity contribution in [1.82, 2.24) is 9.97 Å². The number of carboxylic acid groups (broad SMARTS) is 1. The molecule has 0 spiro atoms. The Balaban J connectivity index is 2.35. The fourth-order valence-corrected chi connectivity index (χ4v) is 1.74. The van der Waals surface area contributed by atoms with Gasteiger partial charge in [0.25, 0.3) is 6.43 Å². The quantitative estimate of drug-likeness (QED) is 0.798. The van der Waals surface area contributed by atoms with Gasteiger partial charge in [0.05, 0.1) is 12.2 Å². The molecule has 1 aliphatic rings. The minimum atomic E-state index is -2.48. The topological polar surface area (TPSA) is 92.3 Å². The predicted octanol–water partition coefficient (Wildman–Crippen LogP) is 0.385. The number of alkyl halides is 2. The summed E-state index contributed by atoms with van der Waals surface area (Å²) in [7, 11) is 0. The van der Waals surface area contributed by atoms with E-state index in [1.165, 1.54) is 4.90 Å². The molecule has 17 heavy (non-hydrogen) atoms. The van der Waals surface area contributed by atoms with Crippen molar-refractivity contribution in [2.45, 2.75) is 12.8 Å². The zero-order valence-corrected chi connectivity index (χ0v) is 8.73. The highest BCUT2D eigenvalue weighted by molar-refractivity contribution is 5.90. The molecule has 3 N–H and O–H groups in total. The normalized spacial score (nSPS) is 14.2. The number of nitrogens with two attached hydrogens (primary N) is 1. The number of hydrogen-bond donors (Lipinski definition) is 2. The lowest BCUT2D eigenvalue weighted by molar-refractivity contribution is 0.0691. The van der Waals surface area contributed by atoms with Crippen LogP contribution in [0.1, 0.15) is 16.2 Å². The number of aromatic carboxylic acids is 1. The van der Waals surface area contributed by atoms with Gasteiger partial charge in [-0.2, -0.15) is 0 Å². The maximum atomic E-state index is 12.3. The highest BCUT2D eigenvalue weighted by Crippen LogP contribution is 2.26. The molecule has 0 radical (unpaired) electrons. The van der Waals surface area contributed by atoms with Crippen molar-refractivity contribution in [2.75, 3.05) is 23.7 Å². The van der Waals surface area contributed by atoms with Crippen LogP contribution >= 0.6 is 0 Å². The Morgan fingerprint density at radius 1 is 1.53 bits per heavy atom. The van der Waals surface area contributed by atoms with Gasteiger partial charge in [0, 0.05) is 13.0 Å². The number of carbonyl (C=O) groups is 1. The van der Waals surface area contributed by atoms with Gasteiger partial charge < -0.3 is 15.7 Å². The number of carboxylic acids is 1. The van der Waals surface area contributed by atoms with Crippen LogP contribution in [0.25, 0.3) is 0 Å². The van der Waals surface area contributed by atoms with Gasteiger partial charge >= 0.3 is 5.97 Å². The summed E-state index contributed by atoms with van der Waals surface area (Å²) in [5.74, 6) is -1.27. The van der Waals surface area contributed by atoms with E-state index in [9.17, 15) is 13.6 Å². The fraction of sp³-hybridized carbons (Fsp3) is 0.444. The maximum Gasteiger partial charge on any atom is 0.358 e. The Morgan fingerprint density at radius 2 is 2.24 bits per heavy atom. The third kappa shape index (κ3) is 2.10. The Morgan fingerprint density at radius 3 is 2.82 bits per heavy atom. The summed E-state index contributed by atoms with van der Waals surface area (Å²) in [6, 6.07) is 0. The highest BCUT2D eigenvalue weighted by atomic mass is 19.3. The number of anilines is 2. The maximum absolute atomic E-state index is 12.3. The molecule has 2 rings (SSSR count). The van der Waals surface area contributed by atoms with E-state index in [4.69, 9.17) is 10.8 Å². The average Bonchev–Trinajstić information content (AvgIpc) is 2.59. The van der Waals surface area contributed by atoms with Crippen molar-refractivity contribution >= 4 is 17.6 Å². The van der Waals surface area contributed by atoms with Crippen LogP contribution in [0.5, 0.6) is 0 Å². The molecule has 0 amide bonds. The van der Waals surface area contributed by atoms with Crippen LogP contribution in [0, 0.1) is 0 Å². The molecule has 0 saturated heterocycles. The van der Waals surface area contributed by atoms with E-state index in [0.717, 1.165) is 0 Å². The molecule has 0 aromatic carbocycles. The number of nitrogen functional groups attached to an aromatic ring is 1. The minimum absolute atomic E-state index is 0.252. The lowest BCUT2D eigenvalue weighted by Gasteiger charge is -2.17. The number of halogens is 2. The summed E-state index contributed by atoms with van der Waals surface area (Å²) in [6.07, 6.45) is -2.08. The third-order valence-electron chi connectivity index (χ3n) is 2.45. The standard InChI is InChI=1S/C9H10F2N4O2/c10-5(11)3-15-2-1-4-8(15)14-7(12)6(13-4)9(16)17/h5H,1-3H2,(H2,12,14)(H,16,17).